The number of benzene rings is 10. The summed E-state index contributed by atoms with van der Waals surface area (Å²) in [7, 11) is 0. The predicted octanol–water partition coefficient (Wildman–Crippen LogP) is 20.0. The fourth-order valence-electron chi connectivity index (χ4n) is 11.0. The molecule has 0 aliphatic carbocycles. The quantitative estimate of drug-likeness (QED) is 0.121. The Bertz CT molecular complexity index is 4360. The number of fused-ring (bicyclic) bond motifs is 3. The average Bonchev–Trinajstić information content (AvgIpc) is 3.93. The molecule has 0 fully saturated rings. The number of nitrogens with zero attached hydrogens (tertiary/aromatic N) is 3. The van der Waals surface area contributed by atoms with Crippen LogP contribution in [-0.2, 0) is 20.1 Å². The zero-order valence-electron chi connectivity index (χ0n) is 43.1. The third kappa shape index (κ3) is 9.80. The first-order valence-corrected chi connectivity index (χ1v) is 27.3. The van der Waals surface area contributed by atoms with E-state index in [9.17, 15) is 0 Å². The molecule has 80 heavy (non-hydrogen) atoms. The predicted molar refractivity (Wildman–Crippen MR) is 329 cm³/mol. The van der Waals surface area contributed by atoms with Gasteiger partial charge >= 0.3 is 20.1 Å². The summed E-state index contributed by atoms with van der Waals surface area (Å²) in [4.78, 5) is 14.0. The fourth-order valence-corrected chi connectivity index (χ4v) is 12.1. The Morgan fingerprint density at radius 2 is 0.650 bits per heavy atom. The number of hydrogen-bond donors (Lipinski definition) is 0. The molecular formula is C75H46IrN3S. The van der Waals surface area contributed by atoms with Crippen LogP contribution in [-0.4, -0.2) is 15.0 Å². The van der Waals surface area contributed by atoms with E-state index in [0.29, 0.717) is 0 Å². The maximum Gasteiger partial charge on any atom is 3.00 e. The van der Waals surface area contributed by atoms with Gasteiger partial charge in [-0.2, -0.15) is 0 Å². The summed E-state index contributed by atoms with van der Waals surface area (Å²) in [5.74, 6) is 0. The van der Waals surface area contributed by atoms with Gasteiger partial charge in [0.25, 0.3) is 0 Å². The van der Waals surface area contributed by atoms with Crippen molar-refractivity contribution in [1.29, 1.82) is 0 Å². The largest absolute Gasteiger partial charge is 3.00 e. The smallest absolute Gasteiger partial charge is 0.305 e. The molecule has 0 radical (unpaired) electrons. The molecule has 0 spiro atoms. The van der Waals surface area contributed by atoms with Gasteiger partial charge in [-0.1, -0.05) is 203 Å². The number of rotatable bonds is 11. The second-order valence-electron chi connectivity index (χ2n) is 19.6. The van der Waals surface area contributed by atoms with Crippen LogP contribution in [0.2, 0.25) is 0 Å². The van der Waals surface area contributed by atoms with Crippen LogP contribution in [0.1, 0.15) is 0 Å². The minimum absolute atomic E-state index is 0. The van der Waals surface area contributed by atoms with Crippen molar-refractivity contribution in [1.82, 2.24) is 15.0 Å². The molecule has 0 N–H and O–H groups in total. The van der Waals surface area contributed by atoms with Crippen molar-refractivity contribution in [2.45, 2.75) is 0 Å². The van der Waals surface area contributed by atoms with E-state index in [2.05, 4.69) is 240 Å². The molecule has 0 amide bonds. The zero-order chi connectivity index (χ0) is 52.5. The van der Waals surface area contributed by atoms with Gasteiger partial charge in [0.2, 0.25) is 0 Å². The standard InChI is InChI=1S/C75H46N3S.Ir/c1-2-16-50(17-3-1)55-35-39-68-69-40-36-56(49-75(69)79-74(68)48-55)70-47-57(73-26-12-15-43-78-73)37-38-67(70)66-23-9-8-22-65(66)60-45-58(63-20-6-4-18-61(63)51-27-31-53(32-28-51)71-24-10-13-41-76-71)44-59(46-60)64-21-7-5-19-62(64)52-29-33-54(34-30-52)72-25-11-14-42-77-72;/h1-31,33,35-36,38-49H;/q-3;+3. The van der Waals surface area contributed by atoms with Crippen LogP contribution < -0.4 is 0 Å². The van der Waals surface area contributed by atoms with Gasteiger partial charge in [0.1, 0.15) is 0 Å². The van der Waals surface area contributed by atoms with Crippen molar-refractivity contribution < 1.29 is 20.1 Å². The molecule has 14 aromatic rings. The van der Waals surface area contributed by atoms with E-state index in [0.717, 1.165) is 112 Å². The van der Waals surface area contributed by atoms with Gasteiger partial charge in [-0.3, -0.25) is 0 Å². The molecule has 5 heteroatoms. The molecule has 0 saturated carbocycles. The van der Waals surface area contributed by atoms with Crippen molar-refractivity contribution in [2.75, 3.05) is 0 Å². The van der Waals surface area contributed by atoms with E-state index in [1.54, 1.807) is 0 Å². The van der Waals surface area contributed by atoms with E-state index in [1.165, 1.54) is 31.3 Å². The molecule has 0 unspecified atom stereocenters. The molecular weight excluding hydrogens is 1170 g/mol. The van der Waals surface area contributed by atoms with Crippen LogP contribution in [0, 0.1) is 18.2 Å². The van der Waals surface area contributed by atoms with Crippen molar-refractivity contribution in [3.63, 3.8) is 0 Å². The van der Waals surface area contributed by atoms with E-state index < -0.39 is 0 Å². The van der Waals surface area contributed by atoms with Gasteiger partial charge in [-0.15, -0.1) is 94.8 Å². The molecule has 14 rings (SSSR count). The van der Waals surface area contributed by atoms with Crippen molar-refractivity contribution in [3.8, 4) is 123 Å². The minimum atomic E-state index is 0. The second kappa shape index (κ2) is 22.1. The number of pyridine rings is 3. The Kier molecular flexibility index (Phi) is 13.8. The molecule has 0 aliphatic rings. The first kappa shape index (κ1) is 50.1. The summed E-state index contributed by atoms with van der Waals surface area (Å²) in [6, 6.07) is 104. The summed E-state index contributed by atoms with van der Waals surface area (Å²) < 4.78 is 2.51. The van der Waals surface area contributed by atoms with Gasteiger partial charge in [0.15, 0.2) is 0 Å². The minimum Gasteiger partial charge on any atom is -0.305 e. The van der Waals surface area contributed by atoms with Gasteiger partial charge in [0.05, 0.1) is 0 Å². The SMILES string of the molecule is [Ir+3].[c-]1cc(-c2ccccc2-c2cc(-c3ccccc3-c3c[c-]c(-c4ccccn4)cc3)cc(-c3ccccc3-c3c[c-]c(-c4ccccn4)cc3-c3ccc4c(c3)sc3cc(-c5ccccc5)ccc34)c2)ccc1-c1ccccn1. The van der Waals surface area contributed by atoms with Crippen molar-refractivity contribution in [2.24, 2.45) is 0 Å². The Morgan fingerprint density at radius 3 is 1.12 bits per heavy atom. The molecule has 3 nitrogen and oxygen atoms in total. The van der Waals surface area contributed by atoms with E-state index in [-0.39, 0.29) is 20.1 Å². The van der Waals surface area contributed by atoms with Gasteiger partial charge in [0, 0.05) is 38.8 Å². The first-order valence-electron chi connectivity index (χ1n) is 26.5. The van der Waals surface area contributed by atoms with Crippen LogP contribution in [0.25, 0.3) is 143 Å². The molecule has 10 aromatic carbocycles. The molecule has 0 atom stereocenters. The Labute approximate surface area is 483 Å². The summed E-state index contributed by atoms with van der Waals surface area (Å²) >= 11 is 1.85. The normalized spacial score (nSPS) is 11.2. The van der Waals surface area contributed by atoms with E-state index >= 15 is 0 Å². The molecule has 0 aliphatic heterocycles. The third-order valence-electron chi connectivity index (χ3n) is 14.8. The van der Waals surface area contributed by atoms with Crippen molar-refractivity contribution >= 4 is 31.5 Å². The first-order chi connectivity index (χ1) is 39.1. The number of hydrogen-bond acceptors (Lipinski definition) is 4. The molecule has 0 bridgehead atoms. The summed E-state index contributed by atoms with van der Waals surface area (Å²) in [5, 5.41) is 2.53. The van der Waals surface area contributed by atoms with Gasteiger partial charge in [-0.25, -0.2) is 0 Å². The van der Waals surface area contributed by atoms with E-state index in [4.69, 9.17) is 4.98 Å². The number of aromatic nitrogens is 3. The molecule has 4 heterocycles. The van der Waals surface area contributed by atoms with Gasteiger partial charge < -0.3 is 15.0 Å². The summed E-state index contributed by atoms with van der Waals surface area (Å²) in [6.07, 6.45) is 5.50. The Hall–Kier alpha value is -9.48. The van der Waals surface area contributed by atoms with Crippen LogP contribution in [0.15, 0.2) is 279 Å². The summed E-state index contributed by atoms with van der Waals surface area (Å²) in [5.41, 5.74) is 23.4. The average molecular weight is 1210 g/mol. The topological polar surface area (TPSA) is 38.7 Å². The maximum atomic E-state index is 4.80. The molecule has 376 valence electrons. The fraction of sp³-hybridized carbons (Fsp3) is 0. The monoisotopic (exact) mass is 1210 g/mol. The molecule has 0 saturated heterocycles. The number of thiophene rings is 1. The van der Waals surface area contributed by atoms with Gasteiger partial charge in [-0.05, 0) is 116 Å². The second-order valence-corrected chi connectivity index (χ2v) is 20.7. The Morgan fingerprint density at radius 1 is 0.250 bits per heavy atom. The third-order valence-corrected chi connectivity index (χ3v) is 16.0. The van der Waals surface area contributed by atoms with Crippen LogP contribution in [0.4, 0.5) is 0 Å². The van der Waals surface area contributed by atoms with Crippen LogP contribution >= 0.6 is 11.3 Å². The van der Waals surface area contributed by atoms with Crippen LogP contribution in [0.3, 0.4) is 0 Å². The Balaban J connectivity index is 0.00000605. The molecule has 4 aromatic heterocycles. The zero-order valence-corrected chi connectivity index (χ0v) is 46.4. The van der Waals surface area contributed by atoms with Crippen LogP contribution in [0.5, 0.6) is 0 Å². The summed E-state index contributed by atoms with van der Waals surface area (Å²) in [6.45, 7) is 0. The van der Waals surface area contributed by atoms with Crippen molar-refractivity contribution in [3.05, 3.63) is 298 Å². The maximum absolute atomic E-state index is 4.80. The van der Waals surface area contributed by atoms with E-state index in [1.807, 2.05) is 78.5 Å².